The molecule has 20 heavy (non-hydrogen) atoms. The Bertz CT molecular complexity index is 597. The van der Waals surface area contributed by atoms with Gasteiger partial charge >= 0.3 is 6.18 Å². The highest BCUT2D eigenvalue weighted by Gasteiger charge is 2.32. The van der Waals surface area contributed by atoms with Crippen molar-refractivity contribution < 1.29 is 18.0 Å². The number of rotatable bonds is 4. The molecule has 0 radical (unpaired) electrons. The minimum Gasteiger partial charge on any atom is -0.353 e. The molecule has 0 aliphatic rings. The fraction of sp³-hybridized carbons (Fsp3) is 0.154. The van der Waals surface area contributed by atoms with Crippen LogP contribution in [0.5, 0.6) is 0 Å². The number of carbonyl (C=O) groups excluding carboxylic acids is 1. The van der Waals surface area contributed by atoms with Gasteiger partial charge in [0.15, 0.2) is 0 Å². The molecule has 1 amide bonds. The predicted molar refractivity (Wildman–Crippen MR) is 65.4 cm³/mol. The Labute approximate surface area is 112 Å². The zero-order valence-corrected chi connectivity index (χ0v) is 10.2. The van der Waals surface area contributed by atoms with E-state index < -0.39 is 11.9 Å². The number of amides is 1. The molecule has 0 aliphatic heterocycles. The van der Waals surface area contributed by atoms with Crippen LogP contribution in [0.25, 0.3) is 11.1 Å². The normalized spacial score (nSPS) is 11.2. The van der Waals surface area contributed by atoms with E-state index in [2.05, 4.69) is 15.3 Å². The van der Waals surface area contributed by atoms with Crippen LogP contribution in [0.15, 0.2) is 36.7 Å². The highest BCUT2D eigenvalue weighted by atomic mass is 19.4. The Morgan fingerprint density at radius 2 is 1.95 bits per heavy atom. The van der Waals surface area contributed by atoms with Crippen molar-refractivity contribution >= 4 is 6.41 Å². The minimum absolute atomic E-state index is 0.255. The molecule has 0 aliphatic carbocycles. The Morgan fingerprint density at radius 3 is 2.55 bits per heavy atom. The Kier molecular flexibility index (Phi) is 3.97. The van der Waals surface area contributed by atoms with Gasteiger partial charge in [-0.05, 0) is 23.8 Å². The van der Waals surface area contributed by atoms with Crippen molar-refractivity contribution in [1.29, 1.82) is 0 Å². The second kappa shape index (κ2) is 5.68. The standard InChI is InChI=1S/C13H10F3N3O/c14-13(15,16)12-2-1-10(6-19-12)9-3-4-18-11(5-9)7-17-8-20/h1-6,8H,7H2,(H,17,20). The van der Waals surface area contributed by atoms with E-state index in [4.69, 9.17) is 0 Å². The lowest BCUT2D eigenvalue weighted by Crippen LogP contribution is -2.11. The van der Waals surface area contributed by atoms with Gasteiger partial charge in [0, 0.05) is 18.0 Å². The molecule has 1 N–H and O–H groups in total. The van der Waals surface area contributed by atoms with Crippen LogP contribution in [0.3, 0.4) is 0 Å². The number of carbonyl (C=O) groups is 1. The summed E-state index contributed by atoms with van der Waals surface area (Å²) in [4.78, 5) is 17.6. The molecule has 0 aromatic carbocycles. The van der Waals surface area contributed by atoms with Crippen LogP contribution in [0, 0.1) is 0 Å². The van der Waals surface area contributed by atoms with E-state index >= 15 is 0 Å². The molecule has 0 fully saturated rings. The molecule has 0 saturated carbocycles. The van der Waals surface area contributed by atoms with Crippen molar-refractivity contribution in [2.45, 2.75) is 12.7 Å². The fourth-order valence-corrected chi connectivity index (χ4v) is 1.63. The van der Waals surface area contributed by atoms with Crippen molar-refractivity contribution in [3.63, 3.8) is 0 Å². The summed E-state index contributed by atoms with van der Waals surface area (Å²) >= 11 is 0. The lowest BCUT2D eigenvalue weighted by atomic mass is 10.1. The molecular formula is C13H10F3N3O. The van der Waals surface area contributed by atoms with Crippen molar-refractivity contribution in [2.75, 3.05) is 0 Å². The zero-order valence-electron chi connectivity index (χ0n) is 10.2. The van der Waals surface area contributed by atoms with E-state index in [1.165, 1.54) is 12.3 Å². The topological polar surface area (TPSA) is 54.9 Å². The van der Waals surface area contributed by atoms with E-state index in [-0.39, 0.29) is 6.54 Å². The minimum atomic E-state index is -4.45. The van der Waals surface area contributed by atoms with E-state index in [1.54, 1.807) is 12.1 Å². The van der Waals surface area contributed by atoms with Gasteiger partial charge in [-0.15, -0.1) is 0 Å². The molecule has 4 nitrogen and oxygen atoms in total. The molecule has 7 heteroatoms. The van der Waals surface area contributed by atoms with E-state index in [9.17, 15) is 18.0 Å². The maximum atomic E-state index is 12.4. The highest BCUT2D eigenvalue weighted by molar-refractivity contribution is 5.62. The van der Waals surface area contributed by atoms with Crippen LogP contribution < -0.4 is 5.32 Å². The SMILES string of the molecule is O=CNCc1cc(-c2ccc(C(F)(F)F)nc2)ccn1. The molecule has 2 aromatic rings. The first kappa shape index (κ1) is 14.0. The van der Waals surface area contributed by atoms with Crippen molar-refractivity contribution in [2.24, 2.45) is 0 Å². The largest absolute Gasteiger partial charge is 0.433 e. The maximum Gasteiger partial charge on any atom is 0.433 e. The second-order valence-electron chi connectivity index (χ2n) is 3.96. The Morgan fingerprint density at radius 1 is 1.15 bits per heavy atom. The van der Waals surface area contributed by atoms with Gasteiger partial charge in [0.2, 0.25) is 6.41 Å². The van der Waals surface area contributed by atoms with Crippen molar-refractivity contribution in [1.82, 2.24) is 15.3 Å². The summed E-state index contributed by atoms with van der Waals surface area (Å²) in [7, 11) is 0. The van der Waals surface area contributed by atoms with Crippen LogP contribution in [0.4, 0.5) is 13.2 Å². The summed E-state index contributed by atoms with van der Waals surface area (Å²) < 4.78 is 37.2. The molecule has 0 spiro atoms. The van der Waals surface area contributed by atoms with Gasteiger partial charge < -0.3 is 5.32 Å². The summed E-state index contributed by atoms with van der Waals surface area (Å²) in [6.07, 6.45) is -1.21. The quantitative estimate of drug-likeness (QED) is 0.876. The highest BCUT2D eigenvalue weighted by Crippen LogP contribution is 2.28. The molecule has 0 bridgehead atoms. The summed E-state index contributed by atoms with van der Waals surface area (Å²) in [5.41, 5.74) is 0.907. The number of pyridine rings is 2. The molecule has 0 atom stereocenters. The van der Waals surface area contributed by atoms with Crippen LogP contribution in [-0.4, -0.2) is 16.4 Å². The van der Waals surface area contributed by atoms with Gasteiger partial charge in [-0.25, -0.2) is 0 Å². The smallest absolute Gasteiger partial charge is 0.353 e. The summed E-state index contributed by atoms with van der Waals surface area (Å²) in [6.45, 7) is 0.255. The lowest BCUT2D eigenvalue weighted by Gasteiger charge is -2.07. The van der Waals surface area contributed by atoms with E-state index in [0.717, 1.165) is 12.3 Å². The zero-order chi connectivity index (χ0) is 14.6. The Hall–Kier alpha value is -2.44. The van der Waals surface area contributed by atoms with Crippen LogP contribution >= 0.6 is 0 Å². The first-order valence-corrected chi connectivity index (χ1v) is 5.66. The third-order valence-electron chi connectivity index (χ3n) is 2.57. The van der Waals surface area contributed by atoms with Crippen molar-refractivity contribution in [3.8, 4) is 11.1 Å². The number of aromatic nitrogens is 2. The van der Waals surface area contributed by atoms with Crippen LogP contribution in [-0.2, 0) is 17.5 Å². The van der Waals surface area contributed by atoms with Crippen LogP contribution in [0.1, 0.15) is 11.4 Å². The number of hydrogen-bond donors (Lipinski definition) is 1. The number of nitrogens with one attached hydrogen (secondary N) is 1. The fourth-order valence-electron chi connectivity index (χ4n) is 1.63. The number of halogens is 3. The Balaban J connectivity index is 2.25. The molecule has 2 rings (SSSR count). The van der Waals surface area contributed by atoms with Gasteiger partial charge in [0.1, 0.15) is 5.69 Å². The van der Waals surface area contributed by atoms with E-state index in [1.807, 2.05) is 0 Å². The average Bonchev–Trinajstić information content (AvgIpc) is 2.45. The predicted octanol–water partition coefficient (Wildman–Crippen LogP) is 2.41. The van der Waals surface area contributed by atoms with Gasteiger partial charge in [-0.3, -0.25) is 14.8 Å². The van der Waals surface area contributed by atoms with Crippen LogP contribution in [0.2, 0.25) is 0 Å². The first-order chi connectivity index (χ1) is 9.50. The van der Waals surface area contributed by atoms with Gasteiger partial charge in [0.05, 0.1) is 12.2 Å². The molecule has 2 aromatic heterocycles. The lowest BCUT2D eigenvalue weighted by molar-refractivity contribution is -0.141. The number of hydrogen-bond acceptors (Lipinski definition) is 3. The van der Waals surface area contributed by atoms with E-state index in [0.29, 0.717) is 23.2 Å². The summed E-state index contributed by atoms with van der Waals surface area (Å²) in [5, 5.41) is 2.46. The third kappa shape index (κ3) is 3.31. The second-order valence-corrected chi connectivity index (χ2v) is 3.96. The number of alkyl halides is 3. The molecular weight excluding hydrogens is 271 g/mol. The monoisotopic (exact) mass is 281 g/mol. The maximum absolute atomic E-state index is 12.4. The van der Waals surface area contributed by atoms with Crippen molar-refractivity contribution in [3.05, 3.63) is 48.0 Å². The summed E-state index contributed by atoms with van der Waals surface area (Å²) in [5.74, 6) is 0. The van der Waals surface area contributed by atoms with Gasteiger partial charge in [-0.1, -0.05) is 6.07 Å². The van der Waals surface area contributed by atoms with Gasteiger partial charge in [0.25, 0.3) is 0 Å². The molecule has 0 saturated heterocycles. The number of nitrogens with zero attached hydrogens (tertiary/aromatic N) is 2. The van der Waals surface area contributed by atoms with Gasteiger partial charge in [-0.2, -0.15) is 13.2 Å². The molecule has 104 valence electrons. The molecule has 0 unspecified atom stereocenters. The first-order valence-electron chi connectivity index (χ1n) is 5.66. The third-order valence-corrected chi connectivity index (χ3v) is 2.57. The molecule has 2 heterocycles. The average molecular weight is 281 g/mol. The summed E-state index contributed by atoms with van der Waals surface area (Å²) in [6, 6.07) is 5.62.